The number of nitrogens with zero attached hydrogens (tertiary/aromatic N) is 4. The Morgan fingerprint density at radius 1 is 1.42 bits per heavy atom. The summed E-state index contributed by atoms with van der Waals surface area (Å²) in [6, 6.07) is 8.66. The van der Waals surface area contributed by atoms with E-state index in [1.165, 1.54) is 19.5 Å². The lowest BCUT2D eigenvalue weighted by Gasteiger charge is -2.15. The first-order chi connectivity index (χ1) is 12.3. The standard InChI is InChI=1S/C15H18N6O4S/c1-3-25-14(22)12-10-20(2)19-13(12)26(23,24)21(15(16)17)18-9-11-7-5-4-6-8-11/h4-10H,3H2,1-2H3,(H3,16,17)/b18-9+. The highest BCUT2D eigenvalue weighted by Crippen LogP contribution is 2.19. The predicted octanol–water partition coefficient (Wildman–Crippen LogP) is 0.515. The molecule has 138 valence electrons. The van der Waals surface area contributed by atoms with Crippen LogP contribution in [0.4, 0.5) is 0 Å². The molecule has 0 aliphatic rings. The maximum absolute atomic E-state index is 12.8. The number of aryl methyl sites for hydroxylation is 1. The van der Waals surface area contributed by atoms with Crippen molar-refractivity contribution in [1.82, 2.24) is 14.2 Å². The molecule has 1 aromatic carbocycles. The molecule has 1 aromatic heterocycles. The van der Waals surface area contributed by atoms with Gasteiger partial charge in [0.1, 0.15) is 5.56 Å². The van der Waals surface area contributed by atoms with Crippen molar-refractivity contribution in [2.75, 3.05) is 6.61 Å². The molecular formula is C15H18N6O4S. The summed E-state index contributed by atoms with van der Waals surface area (Å²) in [6.45, 7) is 1.66. The number of hydrogen-bond acceptors (Lipinski definition) is 7. The highest BCUT2D eigenvalue weighted by molar-refractivity contribution is 7.89. The molecule has 0 aliphatic carbocycles. The number of sulfonamides is 1. The van der Waals surface area contributed by atoms with Crippen molar-refractivity contribution >= 4 is 28.2 Å². The number of benzene rings is 1. The van der Waals surface area contributed by atoms with Crippen molar-refractivity contribution in [3.05, 3.63) is 47.7 Å². The Bertz CT molecular complexity index is 936. The number of aromatic nitrogens is 2. The van der Waals surface area contributed by atoms with E-state index in [-0.39, 0.29) is 12.2 Å². The zero-order valence-corrected chi connectivity index (χ0v) is 15.0. The molecule has 0 bridgehead atoms. The summed E-state index contributed by atoms with van der Waals surface area (Å²) in [5, 5.41) is 14.5. The third-order valence-electron chi connectivity index (χ3n) is 3.08. The van der Waals surface area contributed by atoms with Crippen LogP contribution < -0.4 is 5.73 Å². The molecule has 3 N–H and O–H groups in total. The second kappa shape index (κ2) is 7.78. The van der Waals surface area contributed by atoms with Crippen molar-refractivity contribution in [2.24, 2.45) is 17.9 Å². The van der Waals surface area contributed by atoms with E-state index in [1.807, 2.05) is 0 Å². The number of hydrazone groups is 1. The van der Waals surface area contributed by atoms with Crippen LogP contribution in [-0.4, -0.2) is 47.4 Å². The Balaban J connectivity index is 2.47. The van der Waals surface area contributed by atoms with Gasteiger partial charge in [-0.05, 0) is 12.5 Å². The number of hydrogen-bond donors (Lipinski definition) is 2. The van der Waals surface area contributed by atoms with Gasteiger partial charge in [0.05, 0.1) is 12.8 Å². The number of nitrogens with one attached hydrogen (secondary N) is 1. The molecule has 0 fully saturated rings. The third kappa shape index (κ3) is 4.06. The summed E-state index contributed by atoms with van der Waals surface area (Å²) in [4.78, 5) is 12.0. The smallest absolute Gasteiger partial charge is 0.342 e. The fourth-order valence-electron chi connectivity index (χ4n) is 2.00. The molecule has 1 heterocycles. The van der Waals surface area contributed by atoms with E-state index in [9.17, 15) is 13.2 Å². The molecule has 10 nitrogen and oxygen atoms in total. The minimum atomic E-state index is -4.49. The van der Waals surface area contributed by atoms with E-state index in [0.717, 1.165) is 4.68 Å². The average molecular weight is 378 g/mol. The number of esters is 1. The van der Waals surface area contributed by atoms with E-state index in [2.05, 4.69) is 10.2 Å². The lowest BCUT2D eigenvalue weighted by Crippen LogP contribution is -2.38. The molecule has 2 rings (SSSR count). The fourth-order valence-corrected chi connectivity index (χ4v) is 3.24. The molecule has 0 saturated heterocycles. The second-order valence-electron chi connectivity index (χ2n) is 5.03. The number of nitrogens with two attached hydrogens (primary N) is 1. The Labute approximate surface area is 150 Å². The van der Waals surface area contributed by atoms with Crippen molar-refractivity contribution in [3.63, 3.8) is 0 Å². The zero-order valence-electron chi connectivity index (χ0n) is 14.2. The van der Waals surface area contributed by atoms with Gasteiger partial charge < -0.3 is 10.5 Å². The molecule has 0 radical (unpaired) electrons. The minimum absolute atomic E-state index is 0.0653. The van der Waals surface area contributed by atoms with Gasteiger partial charge in [0.25, 0.3) is 0 Å². The predicted molar refractivity (Wildman–Crippen MR) is 94.1 cm³/mol. The van der Waals surface area contributed by atoms with E-state index in [0.29, 0.717) is 9.98 Å². The first-order valence-electron chi connectivity index (χ1n) is 7.46. The summed E-state index contributed by atoms with van der Waals surface area (Å²) in [6.07, 6.45) is 2.44. The summed E-state index contributed by atoms with van der Waals surface area (Å²) in [5.41, 5.74) is 5.71. The SMILES string of the molecule is CCOC(=O)c1cn(C)nc1S(=O)(=O)N(/N=C/c1ccccc1)C(=N)N. The molecule has 0 spiro atoms. The van der Waals surface area contributed by atoms with Crippen LogP contribution >= 0.6 is 0 Å². The molecular weight excluding hydrogens is 360 g/mol. The van der Waals surface area contributed by atoms with E-state index >= 15 is 0 Å². The number of guanidine groups is 1. The van der Waals surface area contributed by atoms with Crippen molar-refractivity contribution in [2.45, 2.75) is 11.9 Å². The van der Waals surface area contributed by atoms with Gasteiger partial charge in [-0.25, -0.2) is 4.79 Å². The number of carbonyl (C=O) groups excluding carboxylic acids is 1. The first-order valence-corrected chi connectivity index (χ1v) is 8.90. The number of ether oxygens (including phenoxy) is 1. The Morgan fingerprint density at radius 3 is 2.65 bits per heavy atom. The van der Waals surface area contributed by atoms with Gasteiger partial charge in [0.15, 0.2) is 0 Å². The van der Waals surface area contributed by atoms with Crippen molar-refractivity contribution in [3.8, 4) is 0 Å². The van der Waals surface area contributed by atoms with Crippen LogP contribution in [0.25, 0.3) is 0 Å². The van der Waals surface area contributed by atoms with Crippen molar-refractivity contribution < 1.29 is 17.9 Å². The molecule has 0 unspecified atom stereocenters. The van der Waals surface area contributed by atoms with Crippen LogP contribution in [0.1, 0.15) is 22.8 Å². The average Bonchev–Trinajstić information content (AvgIpc) is 2.98. The molecule has 0 atom stereocenters. The van der Waals surface area contributed by atoms with Crippen molar-refractivity contribution in [1.29, 1.82) is 5.41 Å². The molecule has 2 aromatic rings. The van der Waals surface area contributed by atoms with Gasteiger partial charge in [0, 0.05) is 13.2 Å². The van der Waals surface area contributed by atoms with Crippen LogP contribution in [0.2, 0.25) is 0 Å². The summed E-state index contributed by atoms with van der Waals surface area (Å²) >= 11 is 0. The zero-order chi connectivity index (χ0) is 19.3. The molecule has 0 saturated carbocycles. The second-order valence-corrected chi connectivity index (χ2v) is 6.71. The topological polar surface area (TPSA) is 144 Å². The molecule has 0 aliphatic heterocycles. The lowest BCUT2D eigenvalue weighted by atomic mass is 10.2. The van der Waals surface area contributed by atoms with Gasteiger partial charge in [-0.2, -0.15) is 18.6 Å². The van der Waals surface area contributed by atoms with E-state index < -0.39 is 27.0 Å². The largest absolute Gasteiger partial charge is 0.462 e. The van der Waals surface area contributed by atoms with Gasteiger partial charge >= 0.3 is 16.0 Å². The number of carbonyl (C=O) groups is 1. The van der Waals surface area contributed by atoms with Gasteiger partial charge in [-0.1, -0.05) is 30.3 Å². The molecule has 0 amide bonds. The monoisotopic (exact) mass is 378 g/mol. The first kappa shape index (κ1) is 19.1. The molecule has 11 heteroatoms. The van der Waals surface area contributed by atoms with E-state index in [4.69, 9.17) is 15.9 Å². The third-order valence-corrected chi connectivity index (χ3v) is 4.62. The van der Waals surface area contributed by atoms with Crippen LogP contribution in [0.3, 0.4) is 0 Å². The highest BCUT2D eigenvalue weighted by Gasteiger charge is 2.34. The maximum atomic E-state index is 12.8. The highest BCUT2D eigenvalue weighted by atomic mass is 32.2. The quantitative estimate of drug-likeness (QED) is 0.324. The van der Waals surface area contributed by atoms with Gasteiger partial charge in [0.2, 0.25) is 11.0 Å². The van der Waals surface area contributed by atoms with Gasteiger partial charge in [-0.3, -0.25) is 10.1 Å². The van der Waals surface area contributed by atoms with Gasteiger partial charge in [-0.15, -0.1) is 4.41 Å². The Morgan fingerprint density at radius 2 is 2.08 bits per heavy atom. The minimum Gasteiger partial charge on any atom is -0.462 e. The normalized spacial score (nSPS) is 11.5. The van der Waals surface area contributed by atoms with Crippen LogP contribution in [0.5, 0.6) is 0 Å². The summed E-state index contributed by atoms with van der Waals surface area (Å²) < 4.78 is 32.0. The summed E-state index contributed by atoms with van der Waals surface area (Å²) in [5.74, 6) is -1.70. The Hall–Kier alpha value is -3.21. The Kier molecular flexibility index (Phi) is 5.72. The maximum Gasteiger partial charge on any atom is 0.342 e. The van der Waals surface area contributed by atoms with Crippen LogP contribution in [-0.2, 0) is 21.8 Å². The summed E-state index contributed by atoms with van der Waals surface area (Å²) in [7, 11) is -3.04. The fraction of sp³-hybridized carbons (Fsp3) is 0.200. The number of rotatable bonds is 6. The lowest BCUT2D eigenvalue weighted by molar-refractivity contribution is 0.0521. The van der Waals surface area contributed by atoms with Crippen LogP contribution in [0.15, 0.2) is 46.7 Å². The van der Waals surface area contributed by atoms with Crippen LogP contribution in [0, 0.1) is 5.41 Å². The molecule has 26 heavy (non-hydrogen) atoms. The van der Waals surface area contributed by atoms with E-state index in [1.54, 1.807) is 37.3 Å².